The Morgan fingerprint density at radius 3 is 2.32 bits per heavy atom. The number of hydrogen-bond acceptors (Lipinski definition) is 5. The van der Waals surface area contributed by atoms with E-state index in [2.05, 4.69) is 10.5 Å². The van der Waals surface area contributed by atoms with Gasteiger partial charge >= 0.3 is 12.1 Å². The molecule has 1 aliphatic heterocycles. The zero-order valence-corrected chi connectivity index (χ0v) is 14.5. The lowest BCUT2D eigenvalue weighted by Crippen LogP contribution is -2.29. The monoisotopic (exact) mass is 393 g/mol. The van der Waals surface area contributed by atoms with E-state index in [4.69, 9.17) is 9.47 Å². The number of alkyl halides is 3. The first-order valence-electron chi connectivity index (χ1n) is 7.97. The third kappa shape index (κ3) is 4.40. The van der Waals surface area contributed by atoms with Crippen LogP contribution >= 0.6 is 0 Å². The van der Waals surface area contributed by atoms with Crippen LogP contribution in [0.2, 0.25) is 0 Å². The predicted octanol–water partition coefficient (Wildman–Crippen LogP) is 3.07. The molecule has 0 fully saturated rings. The van der Waals surface area contributed by atoms with Gasteiger partial charge in [0.05, 0.1) is 5.71 Å². The zero-order chi connectivity index (χ0) is 20.3. The molecular formula is C18H14F3N3O4. The van der Waals surface area contributed by atoms with Gasteiger partial charge < -0.3 is 14.8 Å². The van der Waals surface area contributed by atoms with E-state index in [0.717, 1.165) is 0 Å². The number of carbonyl (C=O) groups excluding carboxylic acids is 2. The first kappa shape index (κ1) is 19.2. The molecule has 0 unspecified atom stereocenters. The number of nitrogens with zero attached hydrogens (tertiary/aromatic N) is 1. The highest BCUT2D eigenvalue weighted by Crippen LogP contribution is 2.32. The summed E-state index contributed by atoms with van der Waals surface area (Å²) in [6.07, 6.45) is -4.96. The fourth-order valence-electron chi connectivity index (χ4n) is 2.30. The highest BCUT2D eigenvalue weighted by atomic mass is 19.4. The smallest absolute Gasteiger partial charge is 0.454 e. The van der Waals surface area contributed by atoms with E-state index < -0.39 is 18.0 Å². The van der Waals surface area contributed by atoms with Gasteiger partial charge in [-0.1, -0.05) is 12.1 Å². The largest absolute Gasteiger partial charge is 0.471 e. The zero-order valence-electron chi connectivity index (χ0n) is 14.5. The number of halogens is 3. The van der Waals surface area contributed by atoms with Gasteiger partial charge in [0.1, 0.15) is 0 Å². The highest BCUT2D eigenvalue weighted by molar-refractivity contribution is 6.01. The molecule has 1 aliphatic rings. The molecule has 3 rings (SSSR count). The van der Waals surface area contributed by atoms with Crippen LogP contribution in [-0.2, 0) is 4.79 Å². The maximum absolute atomic E-state index is 12.2. The molecule has 0 radical (unpaired) electrons. The van der Waals surface area contributed by atoms with E-state index in [0.29, 0.717) is 28.3 Å². The second kappa shape index (κ2) is 7.59. The van der Waals surface area contributed by atoms with Gasteiger partial charge in [-0.2, -0.15) is 18.3 Å². The fourth-order valence-corrected chi connectivity index (χ4v) is 2.30. The van der Waals surface area contributed by atoms with Crippen molar-refractivity contribution in [2.45, 2.75) is 13.1 Å². The molecule has 146 valence electrons. The van der Waals surface area contributed by atoms with Gasteiger partial charge in [0.15, 0.2) is 11.5 Å². The fraction of sp³-hybridized carbons (Fsp3) is 0.167. The number of carbonyl (C=O) groups is 2. The lowest BCUT2D eigenvalue weighted by molar-refractivity contribution is -0.167. The number of hydrogen-bond donors (Lipinski definition) is 2. The number of rotatable bonds is 4. The lowest BCUT2D eigenvalue weighted by atomic mass is 10.1. The van der Waals surface area contributed by atoms with Crippen molar-refractivity contribution < 1.29 is 32.2 Å². The van der Waals surface area contributed by atoms with Crippen LogP contribution in [0.1, 0.15) is 22.8 Å². The van der Waals surface area contributed by atoms with Gasteiger partial charge in [0, 0.05) is 11.3 Å². The van der Waals surface area contributed by atoms with E-state index in [1.165, 1.54) is 30.3 Å². The van der Waals surface area contributed by atoms with E-state index in [-0.39, 0.29) is 12.5 Å². The number of nitrogens with one attached hydrogen (secondary N) is 2. The molecule has 28 heavy (non-hydrogen) atoms. The first-order valence-corrected chi connectivity index (χ1v) is 7.97. The molecule has 2 aromatic carbocycles. The SMILES string of the molecule is C/C(=N\NC(=O)c1ccc2c(c1)OCO2)c1ccc(NC(=O)C(F)(F)F)cc1. The van der Waals surface area contributed by atoms with Crippen LogP contribution in [0.15, 0.2) is 47.6 Å². The van der Waals surface area contributed by atoms with E-state index in [1.54, 1.807) is 24.4 Å². The number of benzene rings is 2. The Bertz CT molecular complexity index is 940. The lowest BCUT2D eigenvalue weighted by Gasteiger charge is -2.08. The van der Waals surface area contributed by atoms with Crippen molar-refractivity contribution in [1.29, 1.82) is 0 Å². The van der Waals surface area contributed by atoms with Crippen molar-refractivity contribution in [1.82, 2.24) is 5.43 Å². The number of anilines is 1. The molecule has 10 heteroatoms. The molecule has 1 heterocycles. The average Bonchev–Trinajstić information content (AvgIpc) is 3.13. The maximum atomic E-state index is 12.2. The van der Waals surface area contributed by atoms with Gasteiger partial charge in [-0.3, -0.25) is 9.59 Å². The molecule has 2 aromatic rings. The van der Waals surface area contributed by atoms with Gasteiger partial charge in [-0.05, 0) is 42.8 Å². The molecule has 0 spiro atoms. The Balaban J connectivity index is 1.63. The second-order valence-electron chi connectivity index (χ2n) is 5.74. The summed E-state index contributed by atoms with van der Waals surface area (Å²) >= 11 is 0. The Kier molecular flexibility index (Phi) is 5.21. The van der Waals surface area contributed by atoms with Crippen molar-refractivity contribution in [2.24, 2.45) is 5.10 Å². The predicted molar refractivity (Wildman–Crippen MR) is 93.4 cm³/mol. The number of hydrazone groups is 1. The van der Waals surface area contributed by atoms with Crippen LogP contribution in [0.4, 0.5) is 18.9 Å². The Hall–Kier alpha value is -3.56. The van der Waals surface area contributed by atoms with Gasteiger partial charge in [0.2, 0.25) is 6.79 Å². The van der Waals surface area contributed by atoms with Crippen LogP contribution in [0.25, 0.3) is 0 Å². The third-order valence-corrected chi connectivity index (χ3v) is 3.78. The summed E-state index contributed by atoms with van der Waals surface area (Å²) in [5.41, 5.74) is 3.67. The van der Waals surface area contributed by atoms with Crippen LogP contribution in [0, 0.1) is 0 Å². The van der Waals surface area contributed by atoms with Crippen LogP contribution < -0.4 is 20.2 Å². The second-order valence-corrected chi connectivity index (χ2v) is 5.74. The molecular weight excluding hydrogens is 379 g/mol. The quantitative estimate of drug-likeness (QED) is 0.617. The van der Waals surface area contributed by atoms with Crippen molar-refractivity contribution in [3.05, 3.63) is 53.6 Å². The topological polar surface area (TPSA) is 89.0 Å². The first-order chi connectivity index (χ1) is 13.2. The van der Waals surface area contributed by atoms with Crippen LogP contribution in [0.5, 0.6) is 11.5 Å². The number of amides is 2. The molecule has 0 atom stereocenters. The molecule has 7 nitrogen and oxygen atoms in total. The summed E-state index contributed by atoms with van der Waals surface area (Å²) in [6.45, 7) is 1.71. The van der Waals surface area contributed by atoms with Crippen molar-refractivity contribution in [3.63, 3.8) is 0 Å². The molecule has 2 N–H and O–H groups in total. The molecule has 0 saturated carbocycles. The summed E-state index contributed by atoms with van der Waals surface area (Å²) in [6, 6.07) is 10.2. The number of fused-ring (bicyclic) bond motifs is 1. The van der Waals surface area contributed by atoms with Crippen LogP contribution in [0.3, 0.4) is 0 Å². The Morgan fingerprint density at radius 2 is 1.64 bits per heavy atom. The minimum atomic E-state index is -4.96. The summed E-state index contributed by atoms with van der Waals surface area (Å²) in [5.74, 6) is -1.51. The Labute approximate surface area is 157 Å². The molecule has 0 saturated heterocycles. The summed E-state index contributed by atoms with van der Waals surface area (Å²) < 4.78 is 47.1. The Morgan fingerprint density at radius 1 is 1.00 bits per heavy atom. The van der Waals surface area contributed by atoms with Gasteiger partial charge in [-0.15, -0.1) is 0 Å². The average molecular weight is 393 g/mol. The summed E-state index contributed by atoms with van der Waals surface area (Å²) in [4.78, 5) is 23.1. The summed E-state index contributed by atoms with van der Waals surface area (Å²) in [7, 11) is 0. The standard InChI is InChI=1S/C18H14F3N3O4/c1-10(11-2-5-13(6-3-11)22-17(26)18(19,20)21)23-24-16(25)12-4-7-14-15(8-12)28-9-27-14/h2-8H,9H2,1H3,(H,22,26)(H,24,25)/b23-10+. The maximum Gasteiger partial charge on any atom is 0.471 e. The summed E-state index contributed by atoms with van der Waals surface area (Å²) in [5, 5.41) is 5.72. The third-order valence-electron chi connectivity index (χ3n) is 3.78. The molecule has 0 aliphatic carbocycles. The van der Waals surface area contributed by atoms with Crippen molar-refractivity contribution in [2.75, 3.05) is 12.1 Å². The molecule has 0 aromatic heterocycles. The van der Waals surface area contributed by atoms with Crippen molar-refractivity contribution >= 4 is 23.2 Å². The molecule has 2 amide bonds. The highest BCUT2D eigenvalue weighted by Gasteiger charge is 2.38. The van der Waals surface area contributed by atoms with Gasteiger partial charge in [-0.25, -0.2) is 5.43 Å². The van der Waals surface area contributed by atoms with E-state index in [1.807, 2.05) is 0 Å². The molecule has 0 bridgehead atoms. The van der Waals surface area contributed by atoms with Crippen LogP contribution in [-0.4, -0.2) is 30.5 Å². The number of ether oxygens (including phenoxy) is 2. The minimum Gasteiger partial charge on any atom is -0.454 e. The minimum absolute atomic E-state index is 0.0109. The normalized spacial score (nSPS) is 13.2. The van der Waals surface area contributed by atoms with E-state index in [9.17, 15) is 22.8 Å². The van der Waals surface area contributed by atoms with Gasteiger partial charge in [0.25, 0.3) is 5.91 Å². The van der Waals surface area contributed by atoms with E-state index >= 15 is 0 Å². The van der Waals surface area contributed by atoms with Crippen molar-refractivity contribution in [3.8, 4) is 11.5 Å².